The molecule has 2 aromatic rings. The standard InChI is InChI=1S/C20H31N3O2Si/c1-26(2,3)13-12-25-15-23-14-21-22-20(23)18-6-4-16(5-7-18)17-8-10-19(24)11-9-17/h4-7,14,17,19,24H,8-13,15H2,1-3H3/t17-,19+. The molecule has 142 valence electrons. The summed E-state index contributed by atoms with van der Waals surface area (Å²) < 4.78 is 7.81. The molecule has 0 aliphatic heterocycles. The minimum atomic E-state index is -1.07. The quantitative estimate of drug-likeness (QED) is 0.581. The van der Waals surface area contributed by atoms with E-state index in [-0.39, 0.29) is 6.10 Å². The molecule has 6 heteroatoms. The molecule has 0 saturated heterocycles. The van der Waals surface area contributed by atoms with E-state index in [0.717, 1.165) is 49.7 Å². The largest absolute Gasteiger partial charge is 0.393 e. The Morgan fingerprint density at radius 3 is 2.46 bits per heavy atom. The first-order chi connectivity index (χ1) is 12.4. The summed E-state index contributed by atoms with van der Waals surface area (Å²) in [7, 11) is -1.07. The van der Waals surface area contributed by atoms with E-state index < -0.39 is 8.07 Å². The number of hydrogen-bond acceptors (Lipinski definition) is 4. The van der Waals surface area contributed by atoms with Gasteiger partial charge in [0.1, 0.15) is 13.1 Å². The maximum Gasteiger partial charge on any atom is 0.165 e. The van der Waals surface area contributed by atoms with Gasteiger partial charge in [0.15, 0.2) is 5.82 Å². The lowest BCUT2D eigenvalue weighted by molar-refractivity contribution is 0.0880. The zero-order chi connectivity index (χ0) is 18.6. The van der Waals surface area contributed by atoms with Crippen molar-refractivity contribution in [2.45, 2.75) is 70.1 Å². The molecule has 1 heterocycles. The van der Waals surface area contributed by atoms with Crippen molar-refractivity contribution < 1.29 is 9.84 Å². The van der Waals surface area contributed by atoms with E-state index in [2.05, 4.69) is 54.1 Å². The Morgan fingerprint density at radius 2 is 1.81 bits per heavy atom. The number of ether oxygens (including phenoxy) is 1. The van der Waals surface area contributed by atoms with E-state index in [9.17, 15) is 5.11 Å². The molecule has 26 heavy (non-hydrogen) atoms. The number of nitrogens with zero attached hydrogens (tertiary/aromatic N) is 3. The second-order valence-corrected chi connectivity index (χ2v) is 14.2. The van der Waals surface area contributed by atoms with Crippen LogP contribution < -0.4 is 0 Å². The van der Waals surface area contributed by atoms with Crippen LogP contribution in [0.4, 0.5) is 0 Å². The highest BCUT2D eigenvalue weighted by molar-refractivity contribution is 6.76. The highest BCUT2D eigenvalue weighted by Gasteiger charge is 2.21. The van der Waals surface area contributed by atoms with Crippen LogP contribution >= 0.6 is 0 Å². The van der Waals surface area contributed by atoms with Crippen molar-refractivity contribution in [2.75, 3.05) is 6.61 Å². The zero-order valence-electron chi connectivity index (χ0n) is 16.2. The number of aromatic nitrogens is 3. The van der Waals surface area contributed by atoms with Crippen LogP contribution in [0.3, 0.4) is 0 Å². The third kappa shape index (κ3) is 5.25. The second-order valence-electron chi connectivity index (χ2n) is 8.60. The smallest absolute Gasteiger partial charge is 0.165 e. The first kappa shape index (κ1) is 19.3. The molecule has 1 aliphatic carbocycles. The zero-order valence-corrected chi connectivity index (χ0v) is 17.2. The van der Waals surface area contributed by atoms with Crippen molar-refractivity contribution in [1.82, 2.24) is 14.8 Å². The van der Waals surface area contributed by atoms with Crippen LogP contribution in [0.15, 0.2) is 30.6 Å². The van der Waals surface area contributed by atoms with Crippen LogP contribution in [0.5, 0.6) is 0 Å². The van der Waals surface area contributed by atoms with Gasteiger partial charge in [0.25, 0.3) is 0 Å². The second kappa shape index (κ2) is 8.46. The minimum absolute atomic E-state index is 0.106. The van der Waals surface area contributed by atoms with E-state index >= 15 is 0 Å². The first-order valence-electron chi connectivity index (χ1n) is 9.66. The summed E-state index contributed by atoms with van der Waals surface area (Å²) in [6.45, 7) is 8.36. The molecular weight excluding hydrogens is 342 g/mol. The van der Waals surface area contributed by atoms with Crippen molar-refractivity contribution in [2.24, 2.45) is 0 Å². The highest BCUT2D eigenvalue weighted by Crippen LogP contribution is 2.33. The molecule has 0 spiro atoms. The van der Waals surface area contributed by atoms with Gasteiger partial charge in [-0.05, 0) is 43.2 Å². The molecule has 0 radical (unpaired) electrons. The summed E-state index contributed by atoms with van der Waals surface area (Å²) in [6, 6.07) is 9.81. The van der Waals surface area contributed by atoms with Gasteiger partial charge in [-0.15, -0.1) is 10.2 Å². The van der Waals surface area contributed by atoms with Crippen LogP contribution in [-0.4, -0.2) is 40.7 Å². The minimum Gasteiger partial charge on any atom is -0.393 e. The normalized spacial score (nSPS) is 21.1. The molecule has 0 unspecified atom stereocenters. The number of aliphatic hydroxyl groups is 1. The molecule has 1 N–H and O–H groups in total. The fourth-order valence-electron chi connectivity index (χ4n) is 3.43. The van der Waals surface area contributed by atoms with Crippen LogP contribution in [0, 0.1) is 0 Å². The molecule has 1 aromatic heterocycles. The van der Waals surface area contributed by atoms with Gasteiger partial charge in [0, 0.05) is 20.2 Å². The molecule has 5 nitrogen and oxygen atoms in total. The molecular formula is C20H31N3O2Si. The number of benzene rings is 1. The summed E-state index contributed by atoms with van der Waals surface area (Å²) in [5.41, 5.74) is 2.42. The van der Waals surface area contributed by atoms with E-state index in [1.54, 1.807) is 6.33 Å². The van der Waals surface area contributed by atoms with Crippen LogP contribution in [-0.2, 0) is 11.5 Å². The van der Waals surface area contributed by atoms with Gasteiger partial charge in [0.05, 0.1) is 6.10 Å². The van der Waals surface area contributed by atoms with Gasteiger partial charge < -0.3 is 9.84 Å². The Kier molecular flexibility index (Phi) is 6.27. The Morgan fingerprint density at radius 1 is 1.12 bits per heavy atom. The Bertz CT molecular complexity index is 686. The lowest BCUT2D eigenvalue weighted by Crippen LogP contribution is -2.22. The Hall–Kier alpha value is -1.50. The van der Waals surface area contributed by atoms with E-state index in [1.807, 2.05) is 4.57 Å². The van der Waals surface area contributed by atoms with Gasteiger partial charge in [-0.3, -0.25) is 4.57 Å². The Labute approximate surface area is 157 Å². The molecule has 1 aliphatic rings. The molecule has 3 rings (SSSR count). The average molecular weight is 374 g/mol. The van der Waals surface area contributed by atoms with Crippen LogP contribution in [0.2, 0.25) is 25.7 Å². The summed E-state index contributed by atoms with van der Waals surface area (Å²) >= 11 is 0. The SMILES string of the molecule is C[Si](C)(C)CCOCn1cnnc1-c1ccc([C@H]2CC[C@@H](O)CC2)cc1. The molecule has 0 atom stereocenters. The van der Waals surface area contributed by atoms with E-state index in [1.165, 1.54) is 5.56 Å². The molecule has 1 fully saturated rings. The number of aliphatic hydroxyl groups excluding tert-OH is 1. The third-order valence-corrected chi connectivity index (χ3v) is 6.88. The third-order valence-electron chi connectivity index (χ3n) is 5.18. The lowest BCUT2D eigenvalue weighted by atomic mass is 9.82. The predicted molar refractivity (Wildman–Crippen MR) is 107 cm³/mol. The monoisotopic (exact) mass is 373 g/mol. The molecule has 0 bridgehead atoms. The van der Waals surface area contributed by atoms with E-state index in [0.29, 0.717) is 12.6 Å². The highest BCUT2D eigenvalue weighted by atomic mass is 28.3. The van der Waals surface area contributed by atoms with Crippen molar-refractivity contribution in [1.29, 1.82) is 0 Å². The first-order valence-corrected chi connectivity index (χ1v) is 13.4. The van der Waals surface area contributed by atoms with Gasteiger partial charge >= 0.3 is 0 Å². The summed E-state index contributed by atoms with van der Waals surface area (Å²) in [5.74, 6) is 1.42. The molecule has 0 amide bonds. The maximum atomic E-state index is 9.68. The van der Waals surface area contributed by atoms with Crippen LogP contribution in [0.1, 0.15) is 37.2 Å². The predicted octanol–water partition coefficient (Wildman–Crippen LogP) is 4.28. The van der Waals surface area contributed by atoms with E-state index in [4.69, 9.17) is 4.74 Å². The number of hydrogen-bond donors (Lipinski definition) is 1. The lowest BCUT2D eigenvalue weighted by Gasteiger charge is -2.25. The van der Waals surface area contributed by atoms with Crippen molar-refractivity contribution in [3.8, 4) is 11.4 Å². The fourth-order valence-corrected chi connectivity index (χ4v) is 4.18. The molecule has 1 saturated carbocycles. The molecule has 1 aromatic carbocycles. The van der Waals surface area contributed by atoms with Crippen LogP contribution in [0.25, 0.3) is 11.4 Å². The van der Waals surface area contributed by atoms with Gasteiger partial charge in [0.2, 0.25) is 0 Å². The topological polar surface area (TPSA) is 60.2 Å². The summed E-state index contributed by atoms with van der Waals surface area (Å²) in [6.07, 6.45) is 5.60. The van der Waals surface area contributed by atoms with Gasteiger partial charge in [-0.1, -0.05) is 43.9 Å². The number of rotatable bonds is 7. The maximum absolute atomic E-state index is 9.68. The fraction of sp³-hybridized carbons (Fsp3) is 0.600. The average Bonchev–Trinajstić information content (AvgIpc) is 3.07. The Balaban J connectivity index is 1.60. The van der Waals surface area contributed by atoms with Gasteiger partial charge in [-0.25, -0.2) is 0 Å². The van der Waals surface area contributed by atoms with Crippen molar-refractivity contribution in [3.63, 3.8) is 0 Å². The van der Waals surface area contributed by atoms with Crippen molar-refractivity contribution in [3.05, 3.63) is 36.2 Å². The van der Waals surface area contributed by atoms with Crippen molar-refractivity contribution >= 4 is 8.07 Å². The summed E-state index contributed by atoms with van der Waals surface area (Å²) in [5, 5.41) is 18.0. The summed E-state index contributed by atoms with van der Waals surface area (Å²) in [4.78, 5) is 0. The van der Waals surface area contributed by atoms with Gasteiger partial charge in [-0.2, -0.15) is 0 Å².